The molecule has 0 fully saturated rings. The number of nitrogens with zero attached hydrogens (tertiary/aromatic N) is 1. The molecule has 140 valence electrons. The molecule has 1 aliphatic rings. The first kappa shape index (κ1) is 17.8. The number of nitrogens with one attached hydrogen (secondary N) is 2. The Hall–Kier alpha value is -2.60. The van der Waals surface area contributed by atoms with Crippen LogP contribution in [0.5, 0.6) is 0 Å². The van der Waals surface area contributed by atoms with Gasteiger partial charge in [0.25, 0.3) is 11.5 Å². The van der Waals surface area contributed by atoms with Gasteiger partial charge >= 0.3 is 0 Å². The molecule has 0 atom stereocenters. The van der Waals surface area contributed by atoms with Crippen molar-refractivity contribution >= 4 is 17.2 Å². The number of carbonyl (C=O) groups is 1. The summed E-state index contributed by atoms with van der Waals surface area (Å²) < 4.78 is 2.02. The molecule has 3 aromatic heterocycles. The Morgan fingerprint density at radius 3 is 2.70 bits per heavy atom. The van der Waals surface area contributed by atoms with E-state index in [1.54, 1.807) is 11.3 Å². The number of pyridine rings is 1. The number of rotatable bonds is 4. The lowest BCUT2D eigenvalue weighted by molar-refractivity contribution is 0.0950. The van der Waals surface area contributed by atoms with E-state index in [0.29, 0.717) is 5.56 Å². The van der Waals surface area contributed by atoms with Crippen LogP contribution in [0.15, 0.2) is 35.4 Å². The number of hydrogen-bond acceptors (Lipinski definition) is 3. The SMILES string of the molecule is Cc1cc(C)c(CNC(=O)c2c(-n3cccc3)sc3c2CCCC3)c(=O)[nH]1. The highest BCUT2D eigenvalue weighted by Gasteiger charge is 2.26. The maximum absolute atomic E-state index is 13.1. The molecule has 0 radical (unpaired) electrons. The summed E-state index contributed by atoms with van der Waals surface area (Å²) in [5.74, 6) is -0.0996. The molecule has 1 amide bonds. The predicted molar refractivity (Wildman–Crippen MR) is 108 cm³/mol. The number of carbonyl (C=O) groups excluding carboxylic acids is 1. The van der Waals surface area contributed by atoms with Crippen molar-refractivity contribution in [1.29, 1.82) is 0 Å². The molecule has 6 heteroatoms. The van der Waals surface area contributed by atoms with Crippen LogP contribution in [0.25, 0.3) is 5.00 Å². The molecule has 0 saturated carbocycles. The van der Waals surface area contributed by atoms with Crippen molar-refractivity contribution in [3.63, 3.8) is 0 Å². The zero-order chi connectivity index (χ0) is 19.0. The fraction of sp³-hybridized carbons (Fsp3) is 0.333. The Balaban J connectivity index is 1.66. The van der Waals surface area contributed by atoms with E-state index in [2.05, 4.69) is 10.3 Å². The summed E-state index contributed by atoms with van der Waals surface area (Å²) in [6.45, 7) is 4.00. The number of H-pyrrole nitrogens is 1. The number of hydrogen-bond donors (Lipinski definition) is 2. The van der Waals surface area contributed by atoms with Gasteiger partial charge in [0.05, 0.1) is 5.56 Å². The number of aromatic amines is 1. The average molecular weight is 382 g/mol. The monoisotopic (exact) mass is 381 g/mol. The molecule has 27 heavy (non-hydrogen) atoms. The summed E-state index contributed by atoms with van der Waals surface area (Å²) in [5.41, 5.74) is 4.16. The van der Waals surface area contributed by atoms with Crippen LogP contribution in [0.4, 0.5) is 0 Å². The van der Waals surface area contributed by atoms with Crippen molar-refractivity contribution < 1.29 is 4.79 Å². The van der Waals surface area contributed by atoms with Gasteiger partial charge in [-0.3, -0.25) is 9.59 Å². The first-order chi connectivity index (χ1) is 13.0. The summed E-state index contributed by atoms with van der Waals surface area (Å²) in [5, 5.41) is 3.96. The van der Waals surface area contributed by atoms with E-state index in [0.717, 1.165) is 41.1 Å². The number of aromatic nitrogens is 2. The molecule has 0 aromatic carbocycles. The van der Waals surface area contributed by atoms with Crippen LogP contribution >= 0.6 is 11.3 Å². The van der Waals surface area contributed by atoms with Crippen LogP contribution in [0, 0.1) is 13.8 Å². The van der Waals surface area contributed by atoms with Gasteiger partial charge in [-0.05, 0) is 68.9 Å². The fourth-order valence-corrected chi connectivity index (χ4v) is 5.15. The quantitative estimate of drug-likeness (QED) is 0.724. The van der Waals surface area contributed by atoms with Gasteiger partial charge in [-0.2, -0.15) is 0 Å². The third-order valence-corrected chi connectivity index (χ3v) is 6.44. The molecular formula is C21H23N3O2S. The maximum atomic E-state index is 13.1. The molecule has 0 bridgehead atoms. The van der Waals surface area contributed by atoms with Gasteiger partial charge in [-0.15, -0.1) is 11.3 Å². The van der Waals surface area contributed by atoms with Gasteiger partial charge in [-0.1, -0.05) is 0 Å². The molecule has 3 heterocycles. The highest BCUT2D eigenvalue weighted by molar-refractivity contribution is 7.15. The minimum Gasteiger partial charge on any atom is -0.348 e. The van der Waals surface area contributed by atoms with Crippen molar-refractivity contribution in [2.24, 2.45) is 0 Å². The van der Waals surface area contributed by atoms with Crippen LogP contribution in [-0.2, 0) is 19.4 Å². The molecular weight excluding hydrogens is 358 g/mol. The van der Waals surface area contributed by atoms with Crippen molar-refractivity contribution in [3.05, 3.63) is 73.8 Å². The summed E-state index contributed by atoms with van der Waals surface area (Å²) in [4.78, 5) is 29.5. The zero-order valence-corrected chi connectivity index (χ0v) is 16.4. The highest BCUT2D eigenvalue weighted by Crippen LogP contribution is 2.36. The van der Waals surface area contributed by atoms with E-state index in [1.807, 2.05) is 49.0 Å². The van der Waals surface area contributed by atoms with Crippen LogP contribution in [0.2, 0.25) is 0 Å². The first-order valence-corrected chi connectivity index (χ1v) is 10.1. The van der Waals surface area contributed by atoms with Crippen molar-refractivity contribution in [1.82, 2.24) is 14.9 Å². The van der Waals surface area contributed by atoms with Gasteiger partial charge in [-0.25, -0.2) is 0 Å². The zero-order valence-electron chi connectivity index (χ0n) is 15.6. The van der Waals surface area contributed by atoms with Crippen LogP contribution in [0.1, 0.15) is 50.5 Å². The topological polar surface area (TPSA) is 66.9 Å². The lowest BCUT2D eigenvalue weighted by Crippen LogP contribution is -2.29. The summed E-state index contributed by atoms with van der Waals surface area (Å²) in [6, 6.07) is 5.87. The molecule has 0 aliphatic heterocycles. The predicted octanol–water partition coefficient (Wildman–Crippen LogP) is 3.65. The van der Waals surface area contributed by atoms with Crippen molar-refractivity contribution in [3.8, 4) is 5.00 Å². The Bertz CT molecular complexity index is 1040. The Morgan fingerprint density at radius 1 is 1.22 bits per heavy atom. The molecule has 0 unspecified atom stereocenters. The fourth-order valence-electron chi connectivity index (χ4n) is 3.80. The van der Waals surface area contributed by atoms with Gasteiger partial charge in [0.1, 0.15) is 5.00 Å². The average Bonchev–Trinajstić information content (AvgIpc) is 3.28. The van der Waals surface area contributed by atoms with Crippen molar-refractivity contribution in [2.45, 2.75) is 46.1 Å². The van der Waals surface area contributed by atoms with E-state index < -0.39 is 0 Å². The lowest BCUT2D eigenvalue weighted by atomic mass is 9.95. The molecule has 0 spiro atoms. The highest BCUT2D eigenvalue weighted by atomic mass is 32.1. The second-order valence-electron chi connectivity index (χ2n) is 7.11. The molecule has 4 rings (SSSR count). The van der Waals surface area contributed by atoms with Gasteiger partial charge in [0.15, 0.2) is 0 Å². The van der Waals surface area contributed by atoms with E-state index >= 15 is 0 Å². The van der Waals surface area contributed by atoms with Gasteiger partial charge in [0, 0.05) is 35.1 Å². The van der Waals surface area contributed by atoms with Gasteiger partial charge < -0.3 is 14.9 Å². The number of aryl methyl sites for hydroxylation is 3. The van der Waals surface area contributed by atoms with Crippen LogP contribution in [0.3, 0.4) is 0 Å². The minimum absolute atomic E-state index is 0.0996. The number of fused-ring (bicyclic) bond motifs is 1. The largest absolute Gasteiger partial charge is 0.348 e. The standard InChI is InChI=1S/C21H23N3O2S/c1-13-11-14(2)23-19(25)16(13)12-22-20(26)18-15-7-3-4-8-17(15)27-21(18)24-9-5-6-10-24/h5-6,9-11H,3-4,7-8,12H2,1-2H3,(H,22,26)(H,23,25). The lowest BCUT2D eigenvalue weighted by Gasteiger charge is -2.14. The van der Waals surface area contributed by atoms with Gasteiger partial charge in [0.2, 0.25) is 0 Å². The maximum Gasteiger partial charge on any atom is 0.254 e. The first-order valence-electron chi connectivity index (χ1n) is 9.30. The Morgan fingerprint density at radius 2 is 1.96 bits per heavy atom. The molecule has 0 saturated heterocycles. The molecule has 2 N–H and O–H groups in total. The Labute approximate surface area is 162 Å². The third-order valence-electron chi connectivity index (χ3n) is 5.14. The normalized spacial score (nSPS) is 13.4. The summed E-state index contributed by atoms with van der Waals surface area (Å²) in [7, 11) is 0. The minimum atomic E-state index is -0.134. The Kier molecular flexibility index (Phi) is 4.74. The van der Waals surface area contributed by atoms with E-state index in [4.69, 9.17) is 0 Å². The molecule has 5 nitrogen and oxygen atoms in total. The second kappa shape index (κ2) is 7.19. The van der Waals surface area contributed by atoms with Crippen LogP contribution in [-0.4, -0.2) is 15.5 Å². The number of amides is 1. The third kappa shape index (κ3) is 3.37. The summed E-state index contributed by atoms with van der Waals surface area (Å²) in [6.07, 6.45) is 8.23. The summed E-state index contributed by atoms with van der Waals surface area (Å²) >= 11 is 1.71. The smallest absolute Gasteiger partial charge is 0.254 e. The van der Waals surface area contributed by atoms with E-state index in [-0.39, 0.29) is 18.0 Å². The van der Waals surface area contributed by atoms with Crippen molar-refractivity contribution in [2.75, 3.05) is 0 Å². The van der Waals surface area contributed by atoms with E-state index in [1.165, 1.54) is 16.9 Å². The second-order valence-corrected chi connectivity index (χ2v) is 8.19. The molecule has 1 aliphatic carbocycles. The van der Waals surface area contributed by atoms with E-state index in [9.17, 15) is 9.59 Å². The number of thiophene rings is 1. The molecule has 3 aromatic rings. The van der Waals surface area contributed by atoms with Crippen LogP contribution < -0.4 is 10.9 Å².